The Morgan fingerprint density at radius 2 is 1.94 bits per heavy atom. The molecule has 0 aliphatic rings. The van der Waals surface area contributed by atoms with Gasteiger partial charge in [0.15, 0.2) is 10.9 Å². The van der Waals surface area contributed by atoms with Gasteiger partial charge in [-0.1, -0.05) is 11.6 Å². The molecule has 0 aliphatic carbocycles. The molecule has 0 fully saturated rings. The second kappa shape index (κ2) is 4.60. The quantitative estimate of drug-likeness (QED) is 0.746. The number of halogens is 1. The molecule has 2 heterocycles. The molecule has 0 aliphatic heterocycles. The van der Waals surface area contributed by atoms with Gasteiger partial charge in [0.1, 0.15) is 11.8 Å². The largest absolute Gasteiger partial charge is 0.453 e. The van der Waals surface area contributed by atoms with Gasteiger partial charge in [0.2, 0.25) is 0 Å². The summed E-state index contributed by atoms with van der Waals surface area (Å²) in [5, 5.41) is 9.05. The number of rotatable bonds is 2. The second-order valence-electron chi connectivity index (χ2n) is 2.88. The van der Waals surface area contributed by atoms with E-state index in [1.807, 2.05) is 6.07 Å². The molecule has 0 spiro atoms. The van der Waals surface area contributed by atoms with E-state index in [0.717, 1.165) is 0 Å². The molecule has 2 aromatic rings. The van der Waals surface area contributed by atoms with Crippen LogP contribution < -0.4 is 4.74 Å². The van der Waals surface area contributed by atoms with Crippen LogP contribution in [0.15, 0.2) is 36.8 Å². The van der Waals surface area contributed by atoms with E-state index < -0.39 is 0 Å². The molecular formula is C11H6ClN3O. The molecule has 0 saturated heterocycles. The number of hydrogen-bond donors (Lipinski definition) is 0. The molecule has 0 radical (unpaired) electrons. The Bertz CT molecular complexity index is 537. The molecule has 78 valence electrons. The number of aromatic nitrogens is 2. The molecule has 4 nitrogen and oxygen atoms in total. The first-order valence-corrected chi connectivity index (χ1v) is 4.81. The van der Waals surface area contributed by atoms with Crippen LogP contribution in [0.2, 0.25) is 5.15 Å². The summed E-state index contributed by atoms with van der Waals surface area (Å²) in [6, 6.07) is 6.88. The van der Waals surface area contributed by atoms with E-state index >= 15 is 0 Å². The standard InChI is InChI=1S/C11H6ClN3O/c12-11-10(8(7-13)1-6-15-11)16-9-2-4-14-5-3-9/h1-6H. The third kappa shape index (κ3) is 2.10. The van der Waals surface area contributed by atoms with Crippen LogP contribution >= 0.6 is 11.6 Å². The lowest BCUT2D eigenvalue weighted by atomic mass is 10.3. The van der Waals surface area contributed by atoms with Crippen LogP contribution in [0.1, 0.15) is 5.56 Å². The van der Waals surface area contributed by atoms with E-state index in [2.05, 4.69) is 9.97 Å². The lowest BCUT2D eigenvalue weighted by Crippen LogP contribution is -1.91. The SMILES string of the molecule is N#Cc1ccnc(Cl)c1Oc1ccncc1. The molecule has 2 aromatic heterocycles. The van der Waals surface area contributed by atoms with Crippen LogP contribution in [-0.4, -0.2) is 9.97 Å². The van der Waals surface area contributed by atoms with Crippen molar-refractivity contribution in [2.24, 2.45) is 0 Å². The third-order valence-corrected chi connectivity index (χ3v) is 2.12. The van der Waals surface area contributed by atoms with Crippen LogP contribution in [0, 0.1) is 11.3 Å². The normalized spacial score (nSPS) is 9.50. The highest BCUT2D eigenvalue weighted by Crippen LogP contribution is 2.30. The van der Waals surface area contributed by atoms with Crippen molar-refractivity contribution in [3.05, 3.63) is 47.5 Å². The van der Waals surface area contributed by atoms with Gasteiger partial charge >= 0.3 is 0 Å². The Morgan fingerprint density at radius 1 is 1.19 bits per heavy atom. The van der Waals surface area contributed by atoms with E-state index in [-0.39, 0.29) is 10.9 Å². The lowest BCUT2D eigenvalue weighted by Gasteiger charge is -2.07. The summed E-state index contributed by atoms with van der Waals surface area (Å²) in [5.74, 6) is 0.819. The smallest absolute Gasteiger partial charge is 0.182 e. The Labute approximate surface area is 97.1 Å². The van der Waals surface area contributed by atoms with Crippen molar-refractivity contribution in [3.63, 3.8) is 0 Å². The van der Waals surface area contributed by atoms with E-state index in [4.69, 9.17) is 21.6 Å². The van der Waals surface area contributed by atoms with E-state index in [0.29, 0.717) is 11.3 Å². The zero-order valence-electron chi connectivity index (χ0n) is 8.09. The molecule has 0 atom stereocenters. The topological polar surface area (TPSA) is 58.8 Å². The zero-order valence-corrected chi connectivity index (χ0v) is 8.85. The van der Waals surface area contributed by atoms with E-state index in [1.54, 1.807) is 30.6 Å². The van der Waals surface area contributed by atoms with Crippen molar-refractivity contribution in [3.8, 4) is 17.6 Å². The summed E-state index contributed by atoms with van der Waals surface area (Å²) in [6.45, 7) is 0. The molecule has 0 bridgehead atoms. The van der Waals surface area contributed by atoms with E-state index in [1.165, 1.54) is 6.20 Å². The average molecular weight is 232 g/mol. The minimum absolute atomic E-state index is 0.163. The Kier molecular flexibility index (Phi) is 2.99. The van der Waals surface area contributed by atoms with Crippen LogP contribution in [-0.2, 0) is 0 Å². The minimum Gasteiger partial charge on any atom is -0.453 e. The fourth-order valence-electron chi connectivity index (χ4n) is 1.13. The minimum atomic E-state index is 0.163. The van der Waals surface area contributed by atoms with Gasteiger partial charge < -0.3 is 4.74 Å². The van der Waals surface area contributed by atoms with Crippen molar-refractivity contribution < 1.29 is 4.74 Å². The third-order valence-electron chi connectivity index (χ3n) is 1.85. The molecule has 0 amide bonds. The first kappa shape index (κ1) is 10.4. The summed E-state index contributed by atoms with van der Waals surface area (Å²) in [4.78, 5) is 7.72. The Hall–Kier alpha value is -2.12. The van der Waals surface area contributed by atoms with Crippen molar-refractivity contribution in [2.75, 3.05) is 0 Å². The summed E-state index contributed by atoms with van der Waals surface area (Å²) >= 11 is 5.86. The Morgan fingerprint density at radius 3 is 2.62 bits per heavy atom. The molecule has 2 rings (SSSR count). The number of ether oxygens (including phenoxy) is 1. The van der Waals surface area contributed by atoms with Gasteiger partial charge in [0, 0.05) is 18.6 Å². The summed E-state index contributed by atoms with van der Waals surface area (Å²) in [6.07, 6.45) is 4.64. The Balaban J connectivity index is 2.39. The predicted octanol–water partition coefficient (Wildman–Crippen LogP) is 2.79. The van der Waals surface area contributed by atoms with Gasteiger partial charge in [-0.2, -0.15) is 5.26 Å². The van der Waals surface area contributed by atoms with Crippen LogP contribution in [0.3, 0.4) is 0 Å². The molecule has 0 saturated carbocycles. The molecule has 0 N–H and O–H groups in total. The highest BCUT2D eigenvalue weighted by Gasteiger charge is 2.10. The van der Waals surface area contributed by atoms with Crippen LogP contribution in [0.25, 0.3) is 0 Å². The maximum atomic E-state index is 8.89. The molecule has 0 unspecified atom stereocenters. The second-order valence-corrected chi connectivity index (χ2v) is 3.23. The van der Waals surface area contributed by atoms with E-state index in [9.17, 15) is 0 Å². The lowest BCUT2D eigenvalue weighted by molar-refractivity contribution is 0.478. The maximum Gasteiger partial charge on any atom is 0.182 e. The molecule has 0 aromatic carbocycles. The summed E-state index contributed by atoms with van der Waals surface area (Å²) in [7, 11) is 0. The van der Waals surface area contributed by atoms with Crippen molar-refractivity contribution in [2.45, 2.75) is 0 Å². The van der Waals surface area contributed by atoms with Crippen LogP contribution in [0.5, 0.6) is 11.5 Å². The van der Waals surface area contributed by atoms with Gasteiger partial charge in [-0.25, -0.2) is 4.98 Å². The number of pyridine rings is 2. The highest BCUT2D eigenvalue weighted by atomic mass is 35.5. The number of nitriles is 1. The fraction of sp³-hybridized carbons (Fsp3) is 0. The van der Waals surface area contributed by atoms with Gasteiger partial charge in [-0.3, -0.25) is 4.98 Å². The first-order valence-electron chi connectivity index (χ1n) is 4.44. The van der Waals surface area contributed by atoms with Gasteiger partial charge in [0.25, 0.3) is 0 Å². The number of hydrogen-bond acceptors (Lipinski definition) is 4. The fourth-order valence-corrected chi connectivity index (χ4v) is 1.33. The maximum absolute atomic E-state index is 8.89. The molecule has 5 heteroatoms. The number of nitrogens with zero attached hydrogens (tertiary/aromatic N) is 3. The highest BCUT2D eigenvalue weighted by molar-refractivity contribution is 6.31. The first-order chi connectivity index (χ1) is 7.81. The van der Waals surface area contributed by atoms with Crippen molar-refractivity contribution in [1.29, 1.82) is 5.26 Å². The zero-order chi connectivity index (χ0) is 11.4. The van der Waals surface area contributed by atoms with Crippen LogP contribution in [0.4, 0.5) is 0 Å². The van der Waals surface area contributed by atoms with Gasteiger partial charge in [-0.05, 0) is 18.2 Å². The average Bonchev–Trinajstić information content (AvgIpc) is 2.33. The molecule has 16 heavy (non-hydrogen) atoms. The monoisotopic (exact) mass is 231 g/mol. The molecular weight excluding hydrogens is 226 g/mol. The summed E-state index contributed by atoms with van der Waals surface area (Å²) in [5.41, 5.74) is 0.344. The predicted molar refractivity (Wildman–Crippen MR) is 58.3 cm³/mol. The van der Waals surface area contributed by atoms with Gasteiger partial charge in [0.05, 0.1) is 5.56 Å². The van der Waals surface area contributed by atoms with Crippen molar-refractivity contribution >= 4 is 11.6 Å². The summed E-state index contributed by atoms with van der Waals surface area (Å²) < 4.78 is 5.47. The van der Waals surface area contributed by atoms with Crippen molar-refractivity contribution in [1.82, 2.24) is 9.97 Å². The van der Waals surface area contributed by atoms with Gasteiger partial charge in [-0.15, -0.1) is 0 Å².